The maximum absolute atomic E-state index is 12.1. The average molecular weight is 308 g/mol. The zero-order chi connectivity index (χ0) is 15.2. The van der Waals surface area contributed by atoms with Gasteiger partial charge in [0.1, 0.15) is 5.82 Å². The number of aryl methyl sites for hydroxylation is 1. The van der Waals surface area contributed by atoms with E-state index in [2.05, 4.69) is 27.6 Å². The number of carbonyl (C=O) groups excluding carboxylic acids is 1. The number of nitrogens with zero attached hydrogens (tertiary/aromatic N) is 3. The second-order valence-corrected chi connectivity index (χ2v) is 5.02. The maximum atomic E-state index is 12.1. The summed E-state index contributed by atoms with van der Waals surface area (Å²) in [6.07, 6.45) is 4.18. The normalized spacial score (nSPS) is 10.4. The summed E-state index contributed by atoms with van der Waals surface area (Å²) in [5.74, 6) is 0.384. The molecule has 2 heterocycles. The summed E-state index contributed by atoms with van der Waals surface area (Å²) in [5.41, 5.74) is 1.35. The van der Waals surface area contributed by atoms with Crippen molar-refractivity contribution in [1.82, 2.24) is 20.1 Å². The monoisotopic (exact) mass is 307 g/mol. The van der Waals surface area contributed by atoms with Crippen molar-refractivity contribution in [2.75, 3.05) is 11.9 Å². The number of aromatic nitrogens is 3. The fourth-order valence-electron chi connectivity index (χ4n) is 1.78. The number of hydrogen-bond donors (Lipinski definition) is 2. The van der Waals surface area contributed by atoms with Gasteiger partial charge in [-0.1, -0.05) is 18.5 Å². The summed E-state index contributed by atoms with van der Waals surface area (Å²) < 4.78 is 1.71. The fraction of sp³-hybridized carbons (Fsp3) is 0.357. The molecule has 0 radical (unpaired) electrons. The summed E-state index contributed by atoms with van der Waals surface area (Å²) in [6.45, 7) is 3.25. The standard InChI is InChI=1S/C14H18ClN5O/c1-3-5-16-13-12(15)7-10(8-17-13)14(21)18-9-11-4-6-19-20(11)2/h4,6-8H,3,5,9H2,1-2H3,(H,16,17)(H,18,21). The Morgan fingerprint density at radius 3 is 2.90 bits per heavy atom. The zero-order valence-corrected chi connectivity index (χ0v) is 12.8. The van der Waals surface area contributed by atoms with E-state index >= 15 is 0 Å². The van der Waals surface area contributed by atoms with Crippen molar-refractivity contribution in [3.05, 3.63) is 40.8 Å². The molecule has 112 valence electrons. The Balaban J connectivity index is 1.99. The Bertz CT molecular complexity index is 626. The van der Waals surface area contributed by atoms with Crippen LogP contribution in [0.3, 0.4) is 0 Å². The van der Waals surface area contributed by atoms with Crippen molar-refractivity contribution in [2.45, 2.75) is 19.9 Å². The van der Waals surface area contributed by atoms with E-state index in [1.165, 1.54) is 6.20 Å². The van der Waals surface area contributed by atoms with Crippen LogP contribution in [0.2, 0.25) is 5.02 Å². The molecule has 0 aliphatic heterocycles. The molecule has 0 bridgehead atoms. The minimum absolute atomic E-state index is 0.215. The lowest BCUT2D eigenvalue weighted by molar-refractivity contribution is 0.0949. The van der Waals surface area contributed by atoms with Gasteiger partial charge in [0.15, 0.2) is 0 Å². The number of hydrogen-bond acceptors (Lipinski definition) is 4. The molecule has 21 heavy (non-hydrogen) atoms. The largest absolute Gasteiger partial charge is 0.369 e. The van der Waals surface area contributed by atoms with Gasteiger partial charge < -0.3 is 10.6 Å². The molecule has 1 amide bonds. The molecule has 0 atom stereocenters. The van der Waals surface area contributed by atoms with Crippen molar-refractivity contribution >= 4 is 23.3 Å². The van der Waals surface area contributed by atoms with Crippen LogP contribution in [-0.2, 0) is 13.6 Å². The average Bonchev–Trinajstić information content (AvgIpc) is 2.88. The number of halogens is 1. The van der Waals surface area contributed by atoms with Gasteiger partial charge in [0, 0.05) is 26.0 Å². The van der Waals surface area contributed by atoms with Crippen LogP contribution in [0.5, 0.6) is 0 Å². The van der Waals surface area contributed by atoms with E-state index in [0.29, 0.717) is 22.9 Å². The smallest absolute Gasteiger partial charge is 0.253 e. The molecule has 0 saturated carbocycles. The van der Waals surface area contributed by atoms with Crippen LogP contribution >= 0.6 is 11.6 Å². The van der Waals surface area contributed by atoms with E-state index in [1.807, 2.05) is 13.1 Å². The van der Waals surface area contributed by atoms with Crippen molar-refractivity contribution in [3.8, 4) is 0 Å². The highest BCUT2D eigenvalue weighted by Crippen LogP contribution is 2.20. The SMILES string of the molecule is CCCNc1ncc(C(=O)NCc2ccnn2C)cc1Cl. The number of anilines is 1. The van der Waals surface area contributed by atoms with Crippen LogP contribution in [-0.4, -0.2) is 27.2 Å². The van der Waals surface area contributed by atoms with Crippen LogP contribution in [0.1, 0.15) is 29.4 Å². The number of nitrogens with one attached hydrogen (secondary N) is 2. The van der Waals surface area contributed by atoms with Crippen molar-refractivity contribution in [3.63, 3.8) is 0 Å². The highest BCUT2D eigenvalue weighted by molar-refractivity contribution is 6.33. The molecule has 0 saturated heterocycles. The van der Waals surface area contributed by atoms with E-state index in [0.717, 1.165) is 18.7 Å². The van der Waals surface area contributed by atoms with Gasteiger partial charge >= 0.3 is 0 Å². The molecular weight excluding hydrogens is 290 g/mol. The molecule has 2 aromatic heterocycles. The predicted octanol–water partition coefficient (Wildman–Crippen LogP) is 2.22. The van der Waals surface area contributed by atoms with Crippen molar-refractivity contribution < 1.29 is 4.79 Å². The van der Waals surface area contributed by atoms with E-state index in [4.69, 9.17) is 11.6 Å². The number of amides is 1. The molecule has 0 fully saturated rings. The molecule has 6 nitrogen and oxygen atoms in total. The van der Waals surface area contributed by atoms with Crippen LogP contribution < -0.4 is 10.6 Å². The summed E-state index contributed by atoms with van der Waals surface area (Å²) in [5, 5.41) is 10.4. The third-order valence-corrected chi connectivity index (χ3v) is 3.29. The molecule has 2 rings (SSSR count). The topological polar surface area (TPSA) is 71.8 Å². The summed E-state index contributed by atoms with van der Waals surface area (Å²) in [4.78, 5) is 16.2. The quantitative estimate of drug-likeness (QED) is 0.858. The van der Waals surface area contributed by atoms with E-state index in [1.54, 1.807) is 16.9 Å². The first-order valence-corrected chi connectivity index (χ1v) is 7.14. The first-order chi connectivity index (χ1) is 10.1. The van der Waals surface area contributed by atoms with E-state index in [9.17, 15) is 4.79 Å². The van der Waals surface area contributed by atoms with Gasteiger partial charge in [-0.3, -0.25) is 9.48 Å². The lowest BCUT2D eigenvalue weighted by Gasteiger charge is -2.09. The zero-order valence-electron chi connectivity index (χ0n) is 12.1. The Kier molecular flexibility index (Phi) is 5.16. The second kappa shape index (κ2) is 7.08. The summed E-state index contributed by atoms with van der Waals surface area (Å²) >= 11 is 6.12. The second-order valence-electron chi connectivity index (χ2n) is 4.61. The fourth-order valence-corrected chi connectivity index (χ4v) is 2.02. The van der Waals surface area contributed by atoms with Crippen LogP contribution in [0.25, 0.3) is 0 Å². The first-order valence-electron chi connectivity index (χ1n) is 6.76. The van der Waals surface area contributed by atoms with E-state index in [-0.39, 0.29) is 5.91 Å². The van der Waals surface area contributed by atoms with Crippen molar-refractivity contribution in [2.24, 2.45) is 7.05 Å². The summed E-state index contributed by atoms with van der Waals surface area (Å²) in [7, 11) is 1.83. The van der Waals surface area contributed by atoms with Gasteiger partial charge in [-0.2, -0.15) is 5.10 Å². The van der Waals surface area contributed by atoms with E-state index < -0.39 is 0 Å². The Morgan fingerprint density at radius 1 is 1.48 bits per heavy atom. The third kappa shape index (κ3) is 3.95. The minimum atomic E-state index is -0.215. The first kappa shape index (κ1) is 15.3. The Hall–Kier alpha value is -2.08. The number of rotatable bonds is 6. The highest BCUT2D eigenvalue weighted by Gasteiger charge is 2.10. The predicted molar refractivity (Wildman–Crippen MR) is 82.4 cm³/mol. The Labute approximate surface area is 128 Å². The minimum Gasteiger partial charge on any atom is -0.369 e. The van der Waals surface area contributed by atoms with Gasteiger partial charge in [-0.25, -0.2) is 4.98 Å². The van der Waals surface area contributed by atoms with Gasteiger partial charge in [0.25, 0.3) is 5.91 Å². The van der Waals surface area contributed by atoms with Crippen LogP contribution in [0.15, 0.2) is 24.5 Å². The molecule has 0 unspecified atom stereocenters. The maximum Gasteiger partial charge on any atom is 0.253 e. The molecule has 0 aromatic carbocycles. The molecule has 0 aliphatic carbocycles. The summed E-state index contributed by atoms with van der Waals surface area (Å²) in [6, 6.07) is 3.47. The number of pyridine rings is 1. The molecule has 0 spiro atoms. The molecule has 7 heteroatoms. The molecule has 0 aliphatic rings. The molecular formula is C14H18ClN5O. The molecule has 2 aromatic rings. The van der Waals surface area contributed by atoms with Crippen LogP contribution in [0.4, 0.5) is 5.82 Å². The highest BCUT2D eigenvalue weighted by atomic mass is 35.5. The third-order valence-electron chi connectivity index (χ3n) is 3.00. The lowest BCUT2D eigenvalue weighted by Crippen LogP contribution is -2.24. The van der Waals surface area contributed by atoms with Gasteiger partial charge in [-0.05, 0) is 18.6 Å². The lowest BCUT2D eigenvalue weighted by atomic mass is 10.2. The van der Waals surface area contributed by atoms with Gasteiger partial charge in [-0.15, -0.1) is 0 Å². The Morgan fingerprint density at radius 2 is 2.29 bits per heavy atom. The van der Waals surface area contributed by atoms with Gasteiger partial charge in [0.2, 0.25) is 0 Å². The molecule has 2 N–H and O–H groups in total. The van der Waals surface area contributed by atoms with Gasteiger partial charge in [0.05, 0.1) is 22.8 Å². The van der Waals surface area contributed by atoms with Crippen LogP contribution in [0, 0.1) is 0 Å². The number of carbonyl (C=O) groups is 1. The van der Waals surface area contributed by atoms with Crippen molar-refractivity contribution in [1.29, 1.82) is 0 Å².